The van der Waals surface area contributed by atoms with Gasteiger partial charge in [0, 0.05) is 6.07 Å². The van der Waals surface area contributed by atoms with E-state index in [1.54, 1.807) is 19.1 Å². The van der Waals surface area contributed by atoms with Crippen molar-refractivity contribution in [1.82, 2.24) is 0 Å². The van der Waals surface area contributed by atoms with E-state index in [2.05, 4.69) is 0 Å². The van der Waals surface area contributed by atoms with Gasteiger partial charge in [-0.25, -0.2) is 0 Å². The van der Waals surface area contributed by atoms with E-state index in [1.165, 1.54) is 18.2 Å². The van der Waals surface area contributed by atoms with E-state index in [-0.39, 0.29) is 5.69 Å². The van der Waals surface area contributed by atoms with Crippen LogP contribution in [-0.4, -0.2) is 11.2 Å². The van der Waals surface area contributed by atoms with Crippen LogP contribution < -0.4 is 0 Å². The Morgan fingerprint density at radius 3 is 2.71 bits per heavy atom. The van der Waals surface area contributed by atoms with Crippen molar-refractivity contribution in [3.8, 4) is 0 Å². The molecule has 0 fully saturated rings. The highest BCUT2D eigenvalue weighted by Gasteiger charge is 2.10. The summed E-state index contributed by atoms with van der Waals surface area (Å²) in [6, 6.07) is 4.86. The summed E-state index contributed by atoms with van der Waals surface area (Å²) in [7, 11) is 0. The largest absolute Gasteiger partial charge is 0.299 e. The number of benzene rings is 1. The van der Waals surface area contributed by atoms with Crippen LogP contribution in [0.15, 0.2) is 24.3 Å². The quantitative estimate of drug-likeness (QED) is 0.318. The SMILES string of the molecule is Cc1ccc(C=CC=O)c([N+](=O)[O-])c1. The molecule has 4 heteroatoms. The lowest BCUT2D eigenvalue weighted by Gasteiger charge is -1.98. The Morgan fingerprint density at radius 2 is 2.14 bits per heavy atom. The number of nitro benzene ring substituents is 1. The average molecular weight is 191 g/mol. The van der Waals surface area contributed by atoms with E-state index in [9.17, 15) is 14.9 Å². The molecule has 0 heterocycles. The fourth-order valence-corrected chi connectivity index (χ4v) is 1.10. The van der Waals surface area contributed by atoms with Gasteiger partial charge in [-0.1, -0.05) is 6.07 Å². The summed E-state index contributed by atoms with van der Waals surface area (Å²) in [5.41, 5.74) is 1.27. The summed E-state index contributed by atoms with van der Waals surface area (Å²) in [5.74, 6) is 0. The van der Waals surface area contributed by atoms with E-state index in [4.69, 9.17) is 0 Å². The van der Waals surface area contributed by atoms with Crippen LogP contribution in [0.3, 0.4) is 0 Å². The highest BCUT2D eigenvalue weighted by molar-refractivity contribution is 5.76. The van der Waals surface area contributed by atoms with Crippen molar-refractivity contribution in [3.63, 3.8) is 0 Å². The maximum absolute atomic E-state index is 10.6. The first kappa shape index (κ1) is 10.1. The molecule has 0 unspecified atom stereocenters. The second-order valence-corrected chi connectivity index (χ2v) is 2.81. The van der Waals surface area contributed by atoms with Crippen LogP contribution in [0, 0.1) is 17.0 Å². The minimum atomic E-state index is -0.461. The fraction of sp³-hybridized carbons (Fsp3) is 0.100. The zero-order chi connectivity index (χ0) is 10.6. The van der Waals surface area contributed by atoms with Crippen LogP contribution in [0.2, 0.25) is 0 Å². The van der Waals surface area contributed by atoms with Crippen LogP contribution >= 0.6 is 0 Å². The number of hydrogen-bond acceptors (Lipinski definition) is 3. The lowest BCUT2D eigenvalue weighted by molar-refractivity contribution is -0.385. The minimum Gasteiger partial charge on any atom is -0.299 e. The lowest BCUT2D eigenvalue weighted by Crippen LogP contribution is -1.92. The smallest absolute Gasteiger partial charge is 0.276 e. The zero-order valence-electron chi connectivity index (χ0n) is 7.64. The van der Waals surface area contributed by atoms with Crippen molar-refractivity contribution >= 4 is 18.0 Å². The molecule has 0 bridgehead atoms. The number of aryl methyl sites for hydroxylation is 1. The summed E-state index contributed by atoms with van der Waals surface area (Å²) >= 11 is 0. The summed E-state index contributed by atoms with van der Waals surface area (Å²) < 4.78 is 0. The van der Waals surface area contributed by atoms with Gasteiger partial charge in [0.1, 0.15) is 6.29 Å². The Hall–Kier alpha value is -1.97. The van der Waals surface area contributed by atoms with Gasteiger partial charge in [0.15, 0.2) is 0 Å². The molecule has 0 amide bonds. The van der Waals surface area contributed by atoms with Gasteiger partial charge in [-0.05, 0) is 30.7 Å². The molecule has 0 aliphatic carbocycles. The number of rotatable bonds is 3. The number of nitrogens with zero attached hydrogens (tertiary/aromatic N) is 1. The topological polar surface area (TPSA) is 60.2 Å². The van der Waals surface area contributed by atoms with Crippen molar-refractivity contribution in [3.05, 3.63) is 45.5 Å². The molecular weight excluding hydrogens is 182 g/mol. The maximum atomic E-state index is 10.6. The number of allylic oxidation sites excluding steroid dienone is 1. The third-order valence-corrected chi connectivity index (χ3v) is 1.74. The first-order valence-corrected chi connectivity index (χ1v) is 4.02. The van der Waals surface area contributed by atoms with Gasteiger partial charge >= 0.3 is 0 Å². The minimum absolute atomic E-state index is 0.0168. The van der Waals surface area contributed by atoms with Gasteiger partial charge in [-0.2, -0.15) is 0 Å². The Balaban J connectivity index is 3.21. The Labute approximate surface area is 81.0 Å². The number of nitro groups is 1. The third-order valence-electron chi connectivity index (χ3n) is 1.74. The summed E-state index contributed by atoms with van der Waals surface area (Å²) in [4.78, 5) is 20.2. The van der Waals surface area contributed by atoms with E-state index in [0.29, 0.717) is 11.8 Å². The van der Waals surface area contributed by atoms with E-state index in [1.807, 2.05) is 0 Å². The Kier molecular flexibility index (Phi) is 3.12. The van der Waals surface area contributed by atoms with Gasteiger partial charge in [0.05, 0.1) is 10.5 Å². The number of carbonyl (C=O) groups is 1. The highest BCUT2D eigenvalue weighted by atomic mass is 16.6. The summed E-state index contributed by atoms with van der Waals surface area (Å²) in [5, 5.41) is 10.6. The van der Waals surface area contributed by atoms with Crippen LogP contribution in [0.25, 0.3) is 6.08 Å². The number of aldehydes is 1. The first-order valence-electron chi connectivity index (χ1n) is 4.02. The van der Waals surface area contributed by atoms with Gasteiger partial charge in [0.2, 0.25) is 0 Å². The van der Waals surface area contributed by atoms with Gasteiger partial charge in [-0.15, -0.1) is 0 Å². The van der Waals surface area contributed by atoms with Crippen molar-refractivity contribution < 1.29 is 9.72 Å². The molecule has 0 saturated carbocycles. The van der Waals surface area contributed by atoms with Gasteiger partial charge in [0.25, 0.3) is 5.69 Å². The Bertz CT molecular complexity index is 396. The molecule has 1 rings (SSSR count). The van der Waals surface area contributed by atoms with Crippen LogP contribution in [0.5, 0.6) is 0 Å². The molecular formula is C10H9NO3. The van der Waals surface area contributed by atoms with E-state index in [0.717, 1.165) is 5.56 Å². The van der Waals surface area contributed by atoms with Crippen molar-refractivity contribution in [2.75, 3.05) is 0 Å². The van der Waals surface area contributed by atoms with Gasteiger partial charge < -0.3 is 0 Å². The highest BCUT2D eigenvalue weighted by Crippen LogP contribution is 2.20. The third kappa shape index (κ3) is 2.26. The second-order valence-electron chi connectivity index (χ2n) is 2.81. The van der Waals surface area contributed by atoms with Crippen molar-refractivity contribution in [2.24, 2.45) is 0 Å². The molecule has 0 radical (unpaired) electrons. The molecule has 0 N–H and O–H groups in total. The normalized spacial score (nSPS) is 10.4. The molecule has 72 valence electrons. The fourth-order valence-electron chi connectivity index (χ4n) is 1.10. The van der Waals surface area contributed by atoms with Crippen LogP contribution in [0.1, 0.15) is 11.1 Å². The first-order chi connectivity index (χ1) is 6.65. The molecule has 1 aromatic carbocycles. The van der Waals surface area contributed by atoms with Crippen molar-refractivity contribution in [2.45, 2.75) is 6.92 Å². The predicted molar refractivity (Wildman–Crippen MR) is 52.9 cm³/mol. The lowest BCUT2D eigenvalue weighted by atomic mass is 10.1. The number of hydrogen-bond donors (Lipinski definition) is 0. The molecule has 0 aliphatic rings. The molecule has 1 aromatic rings. The Morgan fingerprint density at radius 1 is 1.43 bits per heavy atom. The summed E-state index contributed by atoms with van der Waals surface area (Å²) in [6.45, 7) is 1.78. The molecule has 0 saturated heterocycles. The predicted octanol–water partition coefficient (Wildman–Crippen LogP) is 2.12. The van der Waals surface area contributed by atoms with Crippen molar-refractivity contribution in [1.29, 1.82) is 0 Å². The standard InChI is InChI=1S/C10H9NO3/c1-8-4-5-9(3-2-6-12)10(7-8)11(13)14/h2-7H,1H3. The molecule has 0 aliphatic heterocycles. The molecule has 0 atom stereocenters. The van der Waals surface area contributed by atoms with E-state index < -0.39 is 4.92 Å². The van der Waals surface area contributed by atoms with E-state index >= 15 is 0 Å². The molecule has 0 spiro atoms. The number of carbonyl (C=O) groups excluding carboxylic acids is 1. The average Bonchev–Trinajstić information content (AvgIpc) is 2.15. The van der Waals surface area contributed by atoms with Crippen LogP contribution in [-0.2, 0) is 4.79 Å². The van der Waals surface area contributed by atoms with Crippen LogP contribution in [0.4, 0.5) is 5.69 Å². The molecule has 14 heavy (non-hydrogen) atoms. The molecule has 4 nitrogen and oxygen atoms in total. The zero-order valence-corrected chi connectivity index (χ0v) is 7.64. The summed E-state index contributed by atoms with van der Waals surface area (Å²) in [6.07, 6.45) is 3.24. The van der Waals surface area contributed by atoms with Gasteiger partial charge in [-0.3, -0.25) is 14.9 Å². The monoisotopic (exact) mass is 191 g/mol. The second kappa shape index (κ2) is 4.32. The molecule has 0 aromatic heterocycles. The maximum Gasteiger partial charge on any atom is 0.276 e.